The Labute approximate surface area is 76.1 Å². The number of hydrogen-bond donors (Lipinski definition) is 0. The molecule has 0 bridgehead atoms. The van der Waals surface area contributed by atoms with E-state index in [4.69, 9.17) is 0 Å². The molecule has 1 nitrogen and oxygen atoms in total. The smallest absolute Gasteiger partial charge is 0.0104 e. The minimum absolute atomic E-state index is 0.866. The van der Waals surface area contributed by atoms with Crippen LogP contribution in [-0.2, 0) is 0 Å². The van der Waals surface area contributed by atoms with E-state index >= 15 is 0 Å². The first-order chi connectivity index (χ1) is 5.77. The Morgan fingerprint density at radius 2 is 2.00 bits per heavy atom. The monoisotopic (exact) mass is 167 g/mol. The Hall–Kier alpha value is -0.0400. The van der Waals surface area contributed by atoms with Crippen molar-refractivity contribution in [3.8, 4) is 0 Å². The molecule has 2 unspecified atom stereocenters. The largest absolute Gasteiger partial charge is 0.303 e. The zero-order valence-electron chi connectivity index (χ0n) is 8.42. The highest BCUT2D eigenvalue weighted by molar-refractivity contribution is 4.86. The third-order valence-corrected chi connectivity index (χ3v) is 4.07. The van der Waals surface area contributed by atoms with Gasteiger partial charge in [-0.1, -0.05) is 25.7 Å². The fraction of sp³-hybridized carbons (Fsp3) is 1.00. The molecule has 0 aromatic rings. The second-order valence-corrected chi connectivity index (χ2v) is 4.81. The third-order valence-electron chi connectivity index (χ3n) is 4.07. The summed E-state index contributed by atoms with van der Waals surface area (Å²) < 4.78 is 0. The van der Waals surface area contributed by atoms with Gasteiger partial charge in [-0.15, -0.1) is 0 Å². The van der Waals surface area contributed by atoms with Crippen LogP contribution in [0.5, 0.6) is 0 Å². The minimum Gasteiger partial charge on any atom is -0.303 e. The summed E-state index contributed by atoms with van der Waals surface area (Å²) in [6, 6.07) is 0.866. The van der Waals surface area contributed by atoms with Crippen LogP contribution in [-0.4, -0.2) is 24.5 Å². The highest BCUT2D eigenvalue weighted by Gasteiger charge is 2.32. The molecule has 70 valence electrons. The molecule has 2 aliphatic rings. The molecular formula is C11H21N. The quantitative estimate of drug-likeness (QED) is 0.624. The lowest BCUT2D eigenvalue weighted by Crippen LogP contribution is -2.52. The number of rotatable bonds is 3. The van der Waals surface area contributed by atoms with Crippen LogP contribution in [0.25, 0.3) is 0 Å². The fourth-order valence-corrected chi connectivity index (χ4v) is 2.47. The molecule has 1 heterocycles. The average Bonchev–Trinajstić information content (AvgIpc) is 1.99. The molecule has 1 saturated heterocycles. The zero-order chi connectivity index (χ0) is 8.55. The van der Waals surface area contributed by atoms with Crippen LogP contribution in [0.15, 0.2) is 0 Å². The van der Waals surface area contributed by atoms with Crippen LogP contribution in [0.4, 0.5) is 0 Å². The van der Waals surface area contributed by atoms with Crippen LogP contribution in [0.2, 0.25) is 0 Å². The van der Waals surface area contributed by atoms with Crippen molar-refractivity contribution < 1.29 is 0 Å². The first-order valence-electron chi connectivity index (χ1n) is 5.47. The van der Waals surface area contributed by atoms with Gasteiger partial charge in [-0.2, -0.15) is 0 Å². The van der Waals surface area contributed by atoms with Gasteiger partial charge in [0.25, 0.3) is 0 Å². The number of hydrogen-bond acceptors (Lipinski definition) is 1. The van der Waals surface area contributed by atoms with E-state index in [-0.39, 0.29) is 0 Å². The van der Waals surface area contributed by atoms with Crippen molar-refractivity contribution in [2.45, 2.75) is 45.1 Å². The number of likely N-dealkylation sites (tertiary alicyclic amines) is 1. The maximum absolute atomic E-state index is 2.46. The van der Waals surface area contributed by atoms with Gasteiger partial charge in [-0.25, -0.2) is 0 Å². The Morgan fingerprint density at radius 3 is 2.42 bits per heavy atom. The first-order valence-corrected chi connectivity index (χ1v) is 5.47. The maximum atomic E-state index is 2.46. The molecule has 0 N–H and O–H groups in total. The normalized spacial score (nSPS) is 37.5. The van der Waals surface area contributed by atoms with Gasteiger partial charge in [0, 0.05) is 12.6 Å². The van der Waals surface area contributed by atoms with E-state index in [0.29, 0.717) is 0 Å². The predicted molar refractivity (Wildman–Crippen MR) is 52.2 cm³/mol. The van der Waals surface area contributed by atoms with E-state index in [9.17, 15) is 0 Å². The van der Waals surface area contributed by atoms with E-state index in [2.05, 4.69) is 18.9 Å². The van der Waals surface area contributed by atoms with Crippen LogP contribution in [0.3, 0.4) is 0 Å². The summed E-state index contributed by atoms with van der Waals surface area (Å²) >= 11 is 0. The fourth-order valence-electron chi connectivity index (χ4n) is 2.47. The van der Waals surface area contributed by atoms with Crippen molar-refractivity contribution in [1.82, 2.24) is 4.90 Å². The Balaban J connectivity index is 1.61. The molecule has 1 heteroatoms. The topological polar surface area (TPSA) is 3.24 Å². The summed E-state index contributed by atoms with van der Waals surface area (Å²) in [4.78, 5) is 2.46. The van der Waals surface area contributed by atoms with E-state index in [0.717, 1.165) is 17.9 Å². The predicted octanol–water partition coefficient (Wildman–Crippen LogP) is 2.52. The van der Waals surface area contributed by atoms with Crippen molar-refractivity contribution in [3.63, 3.8) is 0 Å². The average molecular weight is 167 g/mol. The molecule has 0 spiro atoms. The van der Waals surface area contributed by atoms with Gasteiger partial charge in [0.05, 0.1) is 0 Å². The van der Waals surface area contributed by atoms with Gasteiger partial charge >= 0.3 is 0 Å². The molecule has 1 aliphatic heterocycles. The first kappa shape index (κ1) is 8.55. The zero-order valence-corrected chi connectivity index (χ0v) is 8.42. The van der Waals surface area contributed by atoms with Crippen LogP contribution >= 0.6 is 0 Å². The van der Waals surface area contributed by atoms with Crippen molar-refractivity contribution in [3.05, 3.63) is 0 Å². The van der Waals surface area contributed by atoms with E-state index in [1.807, 2.05) is 0 Å². The van der Waals surface area contributed by atoms with E-state index < -0.39 is 0 Å². The summed E-state index contributed by atoms with van der Waals surface area (Å²) in [5.74, 6) is 2.14. The van der Waals surface area contributed by atoms with Gasteiger partial charge in [0.15, 0.2) is 0 Å². The highest BCUT2D eigenvalue weighted by Crippen LogP contribution is 2.34. The molecule has 2 rings (SSSR count). The van der Waals surface area contributed by atoms with Gasteiger partial charge in [0.2, 0.25) is 0 Å². The SMILES string of the molecule is CC1C(CCC2CCC2)CN1C. The molecule has 1 saturated carbocycles. The summed E-state index contributed by atoms with van der Waals surface area (Å²) in [6.45, 7) is 3.73. The van der Waals surface area contributed by atoms with Crippen LogP contribution in [0.1, 0.15) is 39.0 Å². The van der Waals surface area contributed by atoms with Crippen LogP contribution < -0.4 is 0 Å². The molecule has 2 fully saturated rings. The molecule has 2 atom stereocenters. The summed E-state index contributed by atoms with van der Waals surface area (Å²) in [7, 11) is 2.24. The van der Waals surface area contributed by atoms with Gasteiger partial charge in [-0.05, 0) is 32.2 Å². The molecular weight excluding hydrogens is 146 g/mol. The van der Waals surface area contributed by atoms with Crippen molar-refractivity contribution in [1.29, 1.82) is 0 Å². The highest BCUT2D eigenvalue weighted by atomic mass is 15.2. The minimum atomic E-state index is 0.866. The van der Waals surface area contributed by atoms with Gasteiger partial charge < -0.3 is 4.90 Å². The van der Waals surface area contributed by atoms with Crippen molar-refractivity contribution in [2.24, 2.45) is 11.8 Å². The van der Waals surface area contributed by atoms with Crippen LogP contribution in [0, 0.1) is 11.8 Å². The van der Waals surface area contributed by atoms with Crippen molar-refractivity contribution in [2.75, 3.05) is 13.6 Å². The molecule has 12 heavy (non-hydrogen) atoms. The molecule has 0 aromatic carbocycles. The Morgan fingerprint density at radius 1 is 1.25 bits per heavy atom. The summed E-state index contributed by atoms with van der Waals surface area (Å²) in [6.07, 6.45) is 7.57. The standard InChI is InChI=1S/C11H21N/c1-9-11(8-12(9)2)7-6-10-4-3-5-10/h9-11H,3-8H2,1-2H3. The van der Waals surface area contributed by atoms with Crippen molar-refractivity contribution >= 4 is 0 Å². The third kappa shape index (κ3) is 1.52. The van der Waals surface area contributed by atoms with Gasteiger partial charge in [-0.3, -0.25) is 0 Å². The molecule has 0 radical (unpaired) electrons. The lowest BCUT2D eigenvalue weighted by Gasteiger charge is -2.45. The Bertz CT molecular complexity index is 151. The maximum Gasteiger partial charge on any atom is 0.0104 e. The van der Waals surface area contributed by atoms with Gasteiger partial charge in [0.1, 0.15) is 0 Å². The second kappa shape index (κ2) is 3.37. The van der Waals surface area contributed by atoms with E-state index in [1.54, 1.807) is 0 Å². The molecule has 1 aliphatic carbocycles. The second-order valence-electron chi connectivity index (χ2n) is 4.81. The summed E-state index contributed by atoms with van der Waals surface area (Å²) in [5, 5.41) is 0. The Kier molecular flexibility index (Phi) is 2.40. The summed E-state index contributed by atoms with van der Waals surface area (Å²) in [5.41, 5.74) is 0. The lowest BCUT2D eigenvalue weighted by molar-refractivity contribution is 0.0419. The molecule has 0 amide bonds. The molecule has 0 aromatic heterocycles. The number of nitrogens with zero attached hydrogens (tertiary/aromatic N) is 1. The van der Waals surface area contributed by atoms with E-state index in [1.165, 1.54) is 38.6 Å². The lowest BCUT2D eigenvalue weighted by atomic mass is 9.77.